The monoisotopic (exact) mass is 674 g/mol. The normalized spacial score (nSPS) is 15.9. The van der Waals surface area contributed by atoms with Crippen molar-refractivity contribution in [1.29, 1.82) is 0 Å². The first kappa shape index (κ1) is 25.1. The van der Waals surface area contributed by atoms with Crippen molar-refractivity contribution in [2.24, 2.45) is 0 Å². The molecule has 0 spiro atoms. The second-order valence-electron chi connectivity index (χ2n) is 10.8. The summed E-state index contributed by atoms with van der Waals surface area (Å²) in [6.07, 6.45) is -3.34. The van der Waals surface area contributed by atoms with Crippen molar-refractivity contribution in [2.75, 3.05) is 26.2 Å². The van der Waals surface area contributed by atoms with E-state index in [-0.39, 0.29) is 35.6 Å². The number of halogens is 4. The standard InChI is InChI=1S/C36H38F4N4O2S/c1-3-42(4-2)20-21-43(22-25-8-12-27(13-9-25)28-14-16-29(17-15-28)36(38,39)40)33(45)23-44-32-7-5-6-31(32)34(46)41-35(44)47-24-26-10-18-30(37)19-11-26/h8-19H,3-7,20-24H2,1-2H3/i10D,11D,18D,19D,22D2,24D2. The minimum Gasteiger partial charge on any atom is -0.336 e. The molecule has 4 aromatic rings. The van der Waals surface area contributed by atoms with Gasteiger partial charge in [-0.2, -0.15) is 18.2 Å². The van der Waals surface area contributed by atoms with Gasteiger partial charge in [0.1, 0.15) is 12.4 Å². The van der Waals surface area contributed by atoms with Gasteiger partial charge in [0.2, 0.25) is 5.91 Å². The van der Waals surface area contributed by atoms with Crippen molar-refractivity contribution in [3.8, 4) is 11.1 Å². The van der Waals surface area contributed by atoms with Crippen LogP contribution < -0.4 is 5.56 Å². The van der Waals surface area contributed by atoms with Crippen LogP contribution in [0.2, 0.25) is 0 Å². The average molecular weight is 675 g/mol. The first-order valence-electron chi connectivity index (χ1n) is 19.1. The van der Waals surface area contributed by atoms with E-state index < -0.39 is 77.5 Å². The van der Waals surface area contributed by atoms with Gasteiger partial charge in [-0.3, -0.25) is 9.59 Å². The van der Waals surface area contributed by atoms with Gasteiger partial charge in [0.05, 0.1) is 13.8 Å². The van der Waals surface area contributed by atoms with Crippen molar-refractivity contribution in [3.05, 3.63) is 117 Å². The summed E-state index contributed by atoms with van der Waals surface area (Å²) in [4.78, 5) is 34.7. The molecule has 5 rings (SSSR count). The Morgan fingerprint density at radius 1 is 0.957 bits per heavy atom. The Balaban J connectivity index is 1.53. The lowest BCUT2D eigenvalue weighted by Gasteiger charge is -2.28. The van der Waals surface area contributed by atoms with Crippen molar-refractivity contribution in [1.82, 2.24) is 19.4 Å². The Labute approximate surface area is 287 Å². The molecule has 0 fully saturated rings. The molecular formula is C36H38F4N4O2S. The Hall–Kier alpha value is -3.96. The molecule has 248 valence electrons. The lowest BCUT2D eigenvalue weighted by molar-refractivity contribution is -0.137. The van der Waals surface area contributed by atoms with Gasteiger partial charge in [-0.05, 0) is 78.8 Å². The third-order valence-corrected chi connectivity index (χ3v) is 8.66. The molecule has 3 aromatic carbocycles. The van der Waals surface area contributed by atoms with E-state index in [1.54, 1.807) is 12.1 Å². The summed E-state index contributed by atoms with van der Waals surface area (Å²) in [5, 5.41) is -0.324. The number of hydrogen-bond donors (Lipinski definition) is 0. The van der Waals surface area contributed by atoms with Crippen LogP contribution in [0.5, 0.6) is 0 Å². The maximum Gasteiger partial charge on any atom is 0.416 e. The van der Waals surface area contributed by atoms with Crippen LogP contribution >= 0.6 is 11.8 Å². The number of hydrogen-bond acceptors (Lipinski definition) is 5. The Kier molecular flexibility index (Phi) is 8.17. The van der Waals surface area contributed by atoms with Gasteiger partial charge in [0.15, 0.2) is 5.16 Å². The van der Waals surface area contributed by atoms with Gasteiger partial charge in [-0.25, -0.2) is 4.39 Å². The van der Waals surface area contributed by atoms with Crippen LogP contribution in [0.3, 0.4) is 0 Å². The predicted octanol–water partition coefficient (Wildman–Crippen LogP) is 7.22. The molecule has 0 N–H and O–H groups in total. The molecule has 0 aliphatic heterocycles. The summed E-state index contributed by atoms with van der Waals surface area (Å²) >= 11 is 0.263. The van der Waals surface area contributed by atoms with E-state index in [9.17, 15) is 29.9 Å². The van der Waals surface area contributed by atoms with Crippen molar-refractivity contribution < 1.29 is 33.3 Å². The molecule has 0 atom stereocenters. The highest BCUT2D eigenvalue weighted by atomic mass is 32.2. The zero-order chi connectivity index (χ0) is 40.6. The highest BCUT2D eigenvalue weighted by Gasteiger charge is 2.30. The number of aromatic nitrogens is 2. The topological polar surface area (TPSA) is 58.4 Å². The number of nitrogens with zero attached hydrogens (tertiary/aromatic N) is 4. The summed E-state index contributed by atoms with van der Waals surface area (Å²) in [6, 6.07) is 6.43. The molecule has 6 nitrogen and oxygen atoms in total. The van der Waals surface area contributed by atoms with Crippen LogP contribution in [0.25, 0.3) is 11.1 Å². The first-order chi connectivity index (χ1) is 25.7. The van der Waals surface area contributed by atoms with Gasteiger partial charge < -0.3 is 14.4 Å². The van der Waals surface area contributed by atoms with Crippen LogP contribution in [-0.2, 0) is 42.6 Å². The number of benzene rings is 3. The fourth-order valence-electron chi connectivity index (χ4n) is 5.26. The molecule has 1 aromatic heterocycles. The maximum absolute atomic E-state index is 14.4. The number of thioether (sulfide) groups is 1. The van der Waals surface area contributed by atoms with Crippen molar-refractivity contribution in [3.63, 3.8) is 0 Å². The Bertz CT molecular complexity index is 2100. The number of carbonyl (C=O) groups excluding carboxylic acids is 1. The Morgan fingerprint density at radius 3 is 2.21 bits per heavy atom. The zero-order valence-electron chi connectivity index (χ0n) is 33.8. The molecule has 0 saturated heterocycles. The van der Waals surface area contributed by atoms with E-state index in [1.807, 2.05) is 18.7 Å². The van der Waals surface area contributed by atoms with Gasteiger partial charge in [0.25, 0.3) is 5.56 Å². The zero-order valence-corrected chi connectivity index (χ0v) is 26.6. The van der Waals surface area contributed by atoms with Gasteiger partial charge in [-0.1, -0.05) is 74.1 Å². The molecule has 0 unspecified atom stereocenters. The van der Waals surface area contributed by atoms with E-state index >= 15 is 0 Å². The van der Waals surface area contributed by atoms with E-state index in [0.717, 1.165) is 17.0 Å². The summed E-state index contributed by atoms with van der Waals surface area (Å²) < 4.78 is 123. The second-order valence-corrected chi connectivity index (χ2v) is 11.6. The molecule has 11 heteroatoms. The minimum absolute atomic E-state index is 0.0740. The van der Waals surface area contributed by atoms with Crippen molar-refractivity contribution in [2.45, 2.75) is 63.2 Å². The number of fused-ring (bicyclic) bond motifs is 1. The average Bonchev–Trinajstić information content (AvgIpc) is 3.64. The smallest absolute Gasteiger partial charge is 0.336 e. The summed E-state index contributed by atoms with van der Waals surface area (Å²) in [5.74, 6) is -2.21. The molecule has 1 amide bonds. The SMILES string of the molecule is [2H]c1c([2H])c(C([2H])([2H])Sc2nc(=O)c3c(n2CC(=O)N(CCN(CC)CC)C([2H])([2H])c2ccc(-c4ccc(C(F)(F)F)cc4)cc2)CCC3)c([2H])c([2H])c1F. The molecule has 1 aliphatic rings. The van der Waals surface area contributed by atoms with E-state index in [2.05, 4.69) is 4.98 Å². The van der Waals surface area contributed by atoms with Gasteiger partial charge in [-0.15, -0.1) is 0 Å². The molecule has 0 bridgehead atoms. The number of alkyl halides is 3. The highest BCUT2D eigenvalue weighted by molar-refractivity contribution is 7.98. The molecule has 47 heavy (non-hydrogen) atoms. The number of carbonyl (C=O) groups is 1. The molecule has 0 radical (unpaired) electrons. The maximum atomic E-state index is 14.4. The number of amides is 1. The molecular weight excluding hydrogens is 628 g/mol. The summed E-state index contributed by atoms with van der Waals surface area (Å²) in [7, 11) is 0. The fourth-order valence-corrected chi connectivity index (χ4v) is 5.97. The van der Waals surface area contributed by atoms with Crippen LogP contribution in [-0.4, -0.2) is 51.4 Å². The number of rotatable bonds is 13. The summed E-state index contributed by atoms with van der Waals surface area (Å²) in [5.41, 5.74) is -3.32. The quantitative estimate of drug-likeness (QED) is 0.0852. The molecule has 1 heterocycles. The van der Waals surface area contributed by atoms with Crippen LogP contribution in [0.1, 0.15) is 59.2 Å². The van der Waals surface area contributed by atoms with Crippen LogP contribution in [0.4, 0.5) is 17.6 Å². The largest absolute Gasteiger partial charge is 0.416 e. The molecule has 1 aliphatic carbocycles. The van der Waals surface area contributed by atoms with E-state index in [1.165, 1.54) is 28.8 Å². The molecule has 0 saturated carbocycles. The van der Waals surface area contributed by atoms with Crippen LogP contribution in [0.15, 0.2) is 82.7 Å². The minimum atomic E-state index is -4.51. The van der Waals surface area contributed by atoms with Gasteiger partial charge >= 0.3 is 6.18 Å². The van der Waals surface area contributed by atoms with E-state index in [0.29, 0.717) is 54.7 Å². The van der Waals surface area contributed by atoms with Crippen molar-refractivity contribution >= 4 is 17.7 Å². The third kappa shape index (κ3) is 8.70. The lowest BCUT2D eigenvalue weighted by Crippen LogP contribution is -2.40. The van der Waals surface area contributed by atoms with E-state index in [4.69, 9.17) is 8.22 Å². The lowest BCUT2D eigenvalue weighted by atomic mass is 10.0. The second kappa shape index (κ2) is 15.3. The predicted molar refractivity (Wildman–Crippen MR) is 177 cm³/mol. The Morgan fingerprint density at radius 2 is 1.60 bits per heavy atom. The first-order valence-corrected chi connectivity index (χ1v) is 15.9. The number of likely N-dealkylation sites (N-methyl/N-ethyl adjacent to an activating group) is 1. The van der Waals surface area contributed by atoms with Crippen LogP contribution in [0, 0.1) is 5.82 Å². The third-order valence-electron chi connectivity index (χ3n) is 7.86. The van der Waals surface area contributed by atoms with Gasteiger partial charge in [0, 0.05) is 39.3 Å². The fraction of sp³-hybridized carbons (Fsp3) is 0.361. The summed E-state index contributed by atoms with van der Waals surface area (Å²) in [6.45, 7) is 2.20. The highest BCUT2D eigenvalue weighted by Crippen LogP contribution is 2.31.